The van der Waals surface area contributed by atoms with Gasteiger partial charge in [-0.3, -0.25) is 4.79 Å². The van der Waals surface area contributed by atoms with Crippen molar-refractivity contribution in [3.05, 3.63) is 18.0 Å². The molecule has 1 spiro atoms. The molecule has 0 bridgehead atoms. The molecule has 4 rings (SSSR count). The highest BCUT2D eigenvalue weighted by Crippen LogP contribution is 2.53. The second kappa shape index (κ2) is 6.35. The molecule has 1 aliphatic carbocycles. The van der Waals surface area contributed by atoms with E-state index in [1.165, 1.54) is 11.6 Å². The molecule has 1 aliphatic heterocycles. The lowest BCUT2D eigenvalue weighted by atomic mass is 9.67. The van der Waals surface area contributed by atoms with E-state index in [0.29, 0.717) is 17.4 Å². The molecular weight excluding hydrogens is 363 g/mol. The molecular formula is C17H20F3N5O2. The standard InChI is InChI=1S/C17H20F3N5O2/c1-27-14-5-3-12-21-22-13(25(12)23-14)4-6-15(26)24-10-16(7-2-8-16)9-11(24)17(18,19)20/h3,5,11H,2,4,6-10H2,1H3. The number of likely N-dealkylation sites (tertiary alicyclic amines) is 1. The van der Waals surface area contributed by atoms with Gasteiger partial charge in [-0.2, -0.15) is 17.7 Å². The van der Waals surface area contributed by atoms with Gasteiger partial charge in [0.05, 0.1) is 7.11 Å². The first-order chi connectivity index (χ1) is 12.8. The highest BCUT2D eigenvalue weighted by molar-refractivity contribution is 5.77. The first-order valence-electron chi connectivity index (χ1n) is 8.93. The maximum absolute atomic E-state index is 13.4. The number of aryl methyl sites for hydroxylation is 1. The van der Waals surface area contributed by atoms with Crippen LogP contribution in [0.15, 0.2) is 12.1 Å². The van der Waals surface area contributed by atoms with Gasteiger partial charge in [-0.1, -0.05) is 6.42 Å². The van der Waals surface area contributed by atoms with Gasteiger partial charge in [-0.05, 0) is 30.7 Å². The summed E-state index contributed by atoms with van der Waals surface area (Å²) >= 11 is 0. The summed E-state index contributed by atoms with van der Waals surface area (Å²) in [6.45, 7) is 0.197. The molecule has 3 heterocycles. The van der Waals surface area contributed by atoms with Crippen LogP contribution in [0.1, 0.15) is 37.9 Å². The summed E-state index contributed by atoms with van der Waals surface area (Å²) in [7, 11) is 1.47. The van der Waals surface area contributed by atoms with E-state index in [2.05, 4.69) is 15.3 Å². The van der Waals surface area contributed by atoms with Gasteiger partial charge in [0.25, 0.3) is 0 Å². The average molecular weight is 383 g/mol. The van der Waals surface area contributed by atoms with E-state index in [9.17, 15) is 18.0 Å². The van der Waals surface area contributed by atoms with E-state index >= 15 is 0 Å². The van der Waals surface area contributed by atoms with Gasteiger partial charge in [0.2, 0.25) is 11.8 Å². The molecule has 1 atom stereocenters. The molecule has 0 aromatic carbocycles. The molecule has 2 aromatic heterocycles. The van der Waals surface area contributed by atoms with Gasteiger partial charge in [-0.15, -0.1) is 15.3 Å². The van der Waals surface area contributed by atoms with Crippen LogP contribution in [0.2, 0.25) is 0 Å². The number of methoxy groups -OCH3 is 1. The van der Waals surface area contributed by atoms with Gasteiger partial charge in [-0.25, -0.2) is 0 Å². The van der Waals surface area contributed by atoms with Crippen LogP contribution in [-0.4, -0.2) is 56.5 Å². The van der Waals surface area contributed by atoms with Crippen LogP contribution in [0, 0.1) is 5.41 Å². The first-order valence-corrected chi connectivity index (χ1v) is 8.93. The molecule has 0 N–H and O–H groups in total. The SMILES string of the molecule is COc1ccc2nnc(CCC(=O)N3CC4(CCC4)CC3C(F)(F)F)n2n1. The van der Waals surface area contributed by atoms with Gasteiger partial charge in [0, 0.05) is 25.5 Å². The molecule has 2 fully saturated rings. The molecule has 1 amide bonds. The summed E-state index contributed by atoms with van der Waals surface area (Å²) in [6.07, 6.45) is -1.81. The smallest absolute Gasteiger partial charge is 0.408 e. The van der Waals surface area contributed by atoms with Gasteiger partial charge < -0.3 is 9.64 Å². The highest BCUT2D eigenvalue weighted by Gasteiger charge is 2.57. The Hall–Kier alpha value is -2.39. The lowest BCUT2D eigenvalue weighted by Gasteiger charge is -2.37. The van der Waals surface area contributed by atoms with E-state index in [1.807, 2.05) is 0 Å². The molecule has 0 radical (unpaired) electrons. The van der Waals surface area contributed by atoms with E-state index in [4.69, 9.17) is 4.74 Å². The molecule has 2 aromatic rings. The lowest BCUT2D eigenvalue weighted by molar-refractivity contribution is -0.183. The minimum Gasteiger partial charge on any atom is -0.480 e. The van der Waals surface area contributed by atoms with Gasteiger partial charge in [0.15, 0.2) is 11.5 Å². The molecule has 2 aliphatic rings. The maximum atomic E-state index is 13.4. The van der Waals surface area contributed by atoms with E-state index in [1.54, 1.807) is 12.1 Å². The van der Waals surface area contributed by atoms with Crippen LogP contribution >= 0.6 is 0 Å². The van der Waals surface area contributed by atoms with Crippen LogP contribution < -0.4 is 4.74 Å². The van der Waals surface area contributed by atoms with E-state index < -0.39 is 18.1 Å². The first kappa shape index (κ1) is 18.0. The number of carbonyl (C=O) groups is 1. The fraction of sp³-hybridized carbons (Fsp3) is 0.647. The Balaban J connectivity index is 1.49. The fourth-order valence-corrected chi connectivity index (χ4v) is 4.09. The summed E-state index contributed by atoms with van der Waals surface area (Å²) in [6, 6.07) is 1.62. The number of hydrogen-bond donors (Lipinski definition) is 0. The Bertz CT molecular complexity index is 862. The van der Waals surface area contributed by atoms with Crippen molar-refractivity contribution in [2.75, 3.05) is 13.7 Å². The van der Waals surface area contributed by atoms with Crippen molar-refractivity contribution in [1.29, 1.82) is 0 Å². The average Bonchev–Trinajstić information content (AvgIpc) is 3.20. The van der Waals surface area contributed by atoms with Gasteiger partial charge in [0.1, 0.15) is 6.04 Å². The number of ether oxygens (including phenoxy) is 1. The van der Waals surface area contributed by atoms with Crippen LogP contribution in [0.25, 0.3) is 5.65 Å². The van der Waals surface area contributed by atoms with Crippen LogP contribution in [-0.2, 0) is 11.2 Å². The normalized spacial score (nSPS) is 21.6. The third-order valence-electron chi connectivity index (χ3n) is 5.70. The second-order valence-corrected chi connectivity index (χ2v) is 7.40. The molecule has 10 heteroatoms. The minimum absolute atomic E-state index is 0.0227. The Morgan fingerprint density at radius 2 is 2.11 bits per heavy atom. The maximum Gasteiger partial charge on any atom is 0.408 e. The topological polar surface area (TPSA) is 72.6 Å². The fourth-order valence-electron chi connectivity index (χ4n) is 4.09. The zero-order valence-electron chi connectivity index (χ0n) is 14.9. The molecule has 1 unspecified atom stereocenters. The van der Waals surface area contributed by atoms with Crippen LogP contribution in [0.3, 0.4) is 0 Å². The van der Waals surface area contributed by atoms with Crippen molar-refractivity contribution in [2.24, 2.45) is 5.41 Å². The van der Waals surface area contributed by atoms with Crippen molar-refractivity contribution in [2.45, 2.75) is 50.7 Å². The quantitative estimate of drug-likeness (QED) is 0.811. The number of fused-ring (bicyclic) bond motifs is 1. The van der Waals surface area contributed by atoms with E-state index in [0.717, 1.165) is 24.2 Å². The predicted octanol–water partition coefficient (Wildman–Crippen LogP) is 2.40. The van der Waals surface area contributed by atoms with E-state index in [-0.39, 0.29) is 31.2 Å². The largest absolute Gasteiger partial charge is 0.480 e. The van der Waals surface area contributed by atoms with Gasteiger partial charge >= 0.3 is 6.18 Å². The van der Waals surface area contributed by atoms with Crippen molar-refractivity contribution < 1.29 is 22.7 Å². The number of amides is 1. The number of hydrogen-bond acceptors (Lipinski definition) is 5. The predicted molar refractivity (Wildman–Crippen MR) is 88.1 cm³/mol. The zero-order chi connectivity index (χ0) is 19.2. The summed E-state index contributed by atoms with van der Waals surface area (Å²) in [5.74, 6) is 0.276. The third kappa shape index (κ3) is 3.21. The minimum atomic E-state index is -4.40. The Morgan fingerprint density at radius 1 is 1.33 bits per heavy atom. The number of alkyl halides is 3. The Morgan fingerprint density at radius 3 is 2.74 bits per heavy atom. The monoisotopic (exact) mass is 383 g/mol. The summed E-state index contributed by atoms with van der Waals surface area (Å²) in [5.41, 5.74) is 0.146. The molecule has 27 heavy (non-hydrogen) atoms. The second-order valence-electron chi connectivity index (χ2n) is 7.40. The number of carbonyl (C=O) groups excluding carboxylic acids is 1. The number of halogens is 3. The number of aromatic nitrogens is 4. The summed E-state index contributed by atoms with van der Waals surface area (Å²) in [4.78, 5) is 13.6. The lowest BCUT2D eigenvalue weighted by Crippen LogP contribution is -2.44. The van der Waals surface area contributed by atoms with Crippen molar-refractivity contribution in [1.82, 2.24) is 24.7 Å². The van der Waals surface area contributed by atoms with Crippen LogP contribution in [0.4, 0.5) is 13.2 Å². The highest BCUT2D eigenvalue weighted by atomic mass is 19.4. The van der Waals surface area contributed by atoms with Crippen molar-refractivity contribution in [3.8, 4) is 5.88 Å². The van der Waals surface area contributed by atoms with Crippen LogP contribution in [0.5, 0.6) is 5.88 Å². The Labute approximate surface area is 153 Å². The number of rotatable bonds is 4. The molecule has 1 saturated heterocycles. The molecule has 7 nitrogen and oxygen atoms in total. The molecule has 1 saturated carbocycles. The summed E-state index contributed by atoms with van der Waals surface area (Å²) in [5, 5.41) is 12.1. The number of nitrogens with zero attached hydrogens (tertiary/aromatic N) is 5. The molecule has 146 valence electrons. The Kier molecular flexibility index (Phi) is 4.23. The van der Waals surface area contributed by atoms with Crippen molar-refractivity contribution in [3.63, 3.8) is 0 Å². The third-order valence-corrected chi connectivity index (χ3v) is 5.70. The summed E-state index contributed by atoms with van der Waals surface area (Å²) < 4.78 is 46.8. The van der Waals surface area contributed by atoms with Crippen molar-refractivity contribution >= 4 is 11.6 Å². The zero-order valence-corrected chi connectivity index (χ0v) is 14.9.